The van der Waals surface area contributed by atoms with Crippen LogP contribution in [0.4, 0.5) is 11.4 Å². The molecule has 0 radical (unpaired) electrons. The average molecular weight is 232 g/mol. The maximum atomic E-state index is 3.37. The molecule has 2 nitrogen and oxygen atoms in total. The summed E-state index contributed by atoms with van der Waals surface area (Å²) in [5, 5.41) is 3.37. The number of piperidine rings is 1. The molecule has 1 saturated heterocycles. The minimum Gasteiger partial charge on any atom is -0.385 e. The number of nitrogens with zero attached hydrogens (tertiary/aromatic N) is 1. The van der Waals surface area contributed by atoms with Gasteiger partial charge in [0.2, 0.25) is 0 Å². The van der Waals surface area contributed by atoms with Crippen molar-refractivity contribution in [3.63, 3.8) is 0 Å². The molecule has 0 unspecified atom stereocenters. The van der Waals surface area contributed by atoms with Gasteiger partial charge in [0, 0.05) is 30.5 Å². The number of aryl methyl sites for hydroxylation is 1. The topological polar surface area (TPSA) is 15.3 Å². The van der Waals surface area contributed by atoms with E-state index in [9.17, 15) is 0 Å². The Kier molecular flexibility index (Phi) is 3.93. The molecule has 0 saturated carbocycles. The molecule has 17 heavy (non-hydrogen) atoms. The highest BCUT2D eigenvalue weighted by Gasteiger charge is 2.19. The second-order valence-corrected chi connectivity index (χ2v) is 5.07. The normalized spacial score (nSPS) is 20.4. The summed E-state index contributed by atoms with van der Waals surface area (Å²) in [5.41, 5.74) is 4.04. The van der Waals surface area contributed by atoms with Crippen molar-refractivity contribution >= 4 is 11.4 Å². The molecule has 1 aliphatic rings. The summed E-state index contributed by atoms with van der Waals surface area (Å²) < 4.78 is 0. The maximum absolute atomic E-state index is 3.37. The van der Waals surface area contributed by atoms with Gasteiger partial charge in [0.25, 0.3) is 0 Å². The molecule has 0 bridgehead atoms. The number of benzene rings is 1. The number of anilines is 2. The van der Waals surface area contributed by atoms with Crippen molar-refractivity contribution in [3.05, 3.63) is 23.8 Å². The van der Waals surface area contributed by atoms with Crippen LogP contribution in [0.15, 0.2) is 18.2 Å². The quantitative estimate of drug-likeness (QED) is 0.852. The standard InChI is InChI=1S/C15H24N2/c1-4-16-14-8-9-15(12(2)11-14)17-10-6-5-7-13(17)3/h8-9,11,13,16H,4-7,10H2,1-3H3/t13-/m1/s1. The predicted octanol–water partition coefficient (Wildman–Crippen LogP) is 3.81. The van der Waals surface area contributed by atoms with Crippen LogP contribution in [0.25, 0.3) is 0 Å². The van der Waals surface area contributed by atoms with Gasteiger partial charge in [-0.2, -0.15) is 0 Å². The third-order valence-corrected chi connectivity index (χ3v) is 3.69. The van der Waals surface area contributed by atoms with E-state index in [1.807, 2.05) is 0 Å². The first-order valence-electron chi connectivity index (χ1n) is 6.83. The maximum Gasteiger partial charge on any atom is 0.0399 e. The van der Waals surface area contributed by atoms with Gasteiger partial charge in [0.1, 0.15) is 0 Å². The smallest absolute Gasteiger partial charge is 0.0399 e. The first kappa shape index (κ1) is 12.3. The van der Waals surface area contributed by atoms with Crippen LogP contribution >= 0.6 is 0 Å². The third-order valence-electron chi connectivity index (χ3n) is 3.69. The minimum atomic E-state index is 0.687. The second-order valence-electron chi connectivity index (χ2n) is 5.07. The fourth-order valence-electron chi connectivity index (χ4n) is 2.75. The van der Waals surface area contributed by atoms with E-state index >= 15 is 0 Å². The second kappa shape index (κ2) is 5.44. The minimum absolute atomic E-state index is 0.687. The van der Waals surface area contributed by atoms with Gasteiger partial charge in [-0.15, -0.1) is 0 Å². The van der Waals surface area contributed by atoms with Crippen LogP contribution in [-0.4, -0.2) is 19.1 Å². The van der Waals surface area contributed by atoms with Crippen molar-refractivity contribution in [2.24, 2.45) is 0 Å². The largest absolute Gasteiger partial charge is 0.385 e. The molecule has 1 aromatic rings. The van der Waals surface area contributed by atoms with E-state index in [1.54, 1.807) is 0 Å². The van der Waals surface area contributed by atoms with Gasteiger partial charge in [-0.3, -0.25) is 0 Å². The predicted molar refractivity (Wildman–Crippen MR) is 76.0 cm³/mol. The summed E-state index contributed by atoms with van der Waals surface area (Å²) in [6.07, 6.45) is 4.04. The molecule has 0 amide bonds. The van der Waals surface area contributed by atoms with Crippen molar-refractivity contribution in [3.8, 4) is 0 Å². The molecule has 2 rings (SSSR count). The van der Waals surface area contributed by atoms with E-state index in [1.165, 1.54) is 42.7 Å². The first-order chi connectivity index (χ1) is 8.22. The fraction of sp³-hybridized carbons (Fsp3) is 0.600. The highest BCUT2D eigenvalue weighted by molar-refractivity contribution is 5.61. The lowest BCUT2D eigenvalue weighted by Gasteiger charge is -2.36. The van der Waals surface area contributed by atoms with Gasteiger partial charge >= 0.3 is 0 Å². The monoisotopic (exact) mass is 232 g/mol. The Balaban J connectivity index is 2.20. The van der Waals surface area contributed by atoms with E-state index in [0.29, 0.717) is 6.04 Å². The van der Waals surface area contributed by atoms with Crippen LogP contribution in [0.5, 0.6) is 0 Å². The Morgan fingerprint density at radius 2 is 2.18 bits per heavy atom. The molecule has 0 aromatic heterocycles. The number of nitrogens with one attached hydrogen (secondary N) is 1. The van der Waals surface area contributed by atoms with E-state index < -0.39 is 0 Å². The van der Waals surface area contributed by atoms with Crippen LogP contribution < -0.4 is 10.2 Å². The van der Waals surface area contributed by atoms with Crippen molar-refractivity contribution in [1.29, 1.82) is 0 Å². The van der Waals surface area contributed by atoms with E-state index in [2.05, 4.69) is 49.2 Å². The SMILES string of the molecule is CCNc1ccc(N2CCCC[C@H]2C)c(C)c1. The molecule has 1 N–H and O–H groups in total. The molecular weight excluding hydrogens is 208 g/mol. The van der Waals surface area contributed by atoms with Crippen molar-refractivity contribution in [2.45, 2.75) is 46.1 Å². The van der Waals surface area contributed by atoms with Crippen LogP contribution in [0.1, 0.15) is 38.7 Å². The Bertz CT molecular complexity index is 373. The summed E-state index contributed by atoms with van der Waals surface area (Å²) in [5.74, 6) is 0. The Labute approximate surface area is 105 Å². The lowest BCUT2D eigenvalue weighted by molar-refractivity contribution is 0.484. The average Bonchev–Trinajstić information content (AvgIpc) is 2.31. The lowest BCUT2D eigenvalue weighted by Crippen LogP contribution is -2.37. The summed E-state index contributed by atoms with van der Waals surface area (Å²) in [7, 11) is 0. The van der Waals surface area contributed by atoms with E-state index in [0.717, 1.165) is 6.54 Å². The van der Waals surface area contributed by atoms with Crippen LogP contribution in [-0.2, 0) is 0 Å². The van der Waals surface area contributed by atoms with Crippen LogP contribution in [0, 0.1) is 6.92 Å². The number of hydrogen-bond acceptors (Lipinski definition) is 2. The van der Waals surface area contributed by atoms with Crippen molar-refractivity contribution < 1.29 is 0 Å². The molecule has 1 fully saturated rings. The summed E-state index contributed by atoms with van der Waals surface area (Å²) >= 11 is 0. The van der Waals surface area contributed by atoms with Gasteiger partial charge in [0.15, 0.2) is 0 Å². The molecule has 1 heterocycles. The van der Waals surface area contributed by atoms with Gasteiger partial charge in [-0.1, -0.05) is 0 Å². The molecule has 2 heteroatoms. The fourth-order valence-corrected chi connectivity index (χ4v) is 2.75. The zero-order valence-electron chi connectivity index (χ0n) is 11.3. The van der Waals surface area contributed by atoms with Gasteiger partial charge in [-0.05, 0) is 63.8 Å². The van der Waals surface area contributed by atoms with Crippen LogP contribution in [0.3, 0.4) is 0 Å². The molecule has 1 aliphatic heterocycles. The lowest BCUT2D eigenvalue weighted by atomic mass is 10.0. The molecule has 94 valence electrons. The first-order valence-corrected chi connectivity index (χ1v) is 6.83. The van der Waals surface area contributed by atoms with E-state index in [-0.39, 0.29) is 0 Å². The number of rotatable bonds is 3. The van der Waals surface area contributed by atoms with Gasteiger partial charge in [0.05, 0.1) is 0 Å². The summed E-state index contributed by atoms with van der Waals surface area (Å²) in [4.78, 5) is 2.56. The van der Waals surface area contributed by atoms with Crippen molar-refractivity contribution in [1.82, 2.24) is 0 Å². The summed E-state index contributed by atoms with van der Waals surface area (Å²) in [6, 6.07) is 7.43. The third kappa shape index (κ3) is 2.74. The Morgan fingerprint density at radius 3 is 2.82 bits per heavy atom. The Morgan fingerprint density at radius 1 is 1.35 bits per heavy atom. The van der Waals surface area contributed by atoms with E-state index in [4.69, 9.17) is 0 Å². The van der Waals surface area contributed by atoms with Gasteiger partial charge < -0.3 is 10.2 Å². The molecular formula is C15H24N2. The molecule has 0 aliphatic carbocycles. The molecule has 1 atom stereocenters. The summed E-state index contributed by atoms with van der Waals surface area (Å²) in [6.45, 7) is 8.89. The Hall–Kier alpha value is -1.18. The van der Waals surface area contributed by atoms with Crippen molar-refractivity contribution in [2.75, 3.05) is 23.3 Å². The zero-order chi connectivity index (χ0) is 12.3. The zero-order valence-corrected chi connectivity index (χ0v) is 11.3. The highest BCUT2D eigenvalue weighted by atomic mass is 15.2. The highest BCUT2D eigenvalue weighted by Crippen LogP contribution is 2.29. The molecule has 0 spiro atoms. The molecule has 1 aromatic carbocycles. The number of hydrogen-bond donors (Lipinski definition) is 1. The van der Waals surface area contributed by atoms with Gasteiger partial charge in [-0.25, -0.2) is 0 Å². The van der Waals surface area contributed by atoms with Crippen LogP contribution in [0.2, 0.25) is 0 Å².